The monoisotopic (exact) mass is 546 g/mol. The van der Waals surface area contributed by atoms with Gasteiger partial charge in [0.15, 0.2) is 0 Å². The standard InChI is InChI=1S/C22H34N4O8S2/c1-4-35-36-10-6-5-7-14-11-16(27)24-15(8-9-17(28)29)20(31)26-22(33)25-19(13(2)3)21(32)23-12-18(30)34-14/h5,7,13-15,19H,4,6,8-12H2,1-3H3,(H,23,32)(H,24,27)(H,28,29)(H2,25,26,31,33)/b7-5+/t14-,15-,19-/m1/s1. The van der Waals surface area contributed by atoms with Crippen LogP contribution in [0, 0.1) is 5.92 Å². The smallest absolute Gasteiger partial charge is 0.326 e. The third-order valence-electron chi connectivity index (χ3n) is 4.77. The molecule has 1 aliphatic rings. The first kappa shape index (κ1) is 31.3. The van der Waals surface area contributed by atoms with E-state index in [1.165, 1.54) is 0 Å². The predicted octanol–water partition coefficient (Wildman–Crippen LogP) is 0.966. The molecule has 1 aliphatic heterocycles. The number of aliphatic carboxylic acids is 1. The van der Waals surface area contributed by atoms with Crippen molar-refractivity contribution in [3.63, 3.8) is 0 Å². The summed E-state index contributed by atoms with van der Waals surface area (Å²) < 4.78 is 5.35. The molecule has 0 aromatic heterocycles. The Bertz CT molecular complexity index is 837. The van der Waals surface area contributed by atoms with Crippen molar-refractivity contribution in [2.45, 2.75) is 64.6 Å². The topological polar surface area (TPSA) is 180 Å². The highest BCUT2D eigenvalue weighted by molar-refractivity contribution is 8.76. The summed E-state index contributed by atoms with van der Waals surface area (Å²) in [5.41, 5.74) is 0. The van der Waals surface area contributed by atoms with Gasteiger partial charge in [-0.3, -0.25) is 29.3 Å². The molecule has 1 rings (SSSR count). The number of ether oxygens (including phenoxy) is 1. The van der Waals surface area contributed by atoms with Gasteiger partial charge >= 0.3 is 18.0 Å². The molecular weight excluding hydrogens is 512 g/mol. The first-order chi connectivity index (χ1) is 17.0. The number of hydrogen-bond donors (Lipinski definition) is 5. The van der Waals surface area contributed by atoms with Gasteiger partial charge in [0.2, 0.25) is 11.8 Å². The Hall–Kier alpha value is -2.74. The third-order valence-corrected chi connectivity index (χ3v) is 7.28. The number of imide groups is 1. The van der Waals surface area contributed by atoms with E-state index in [0.717, 1.165) is 11.5 Å². The van der Waals surface area contributed by atoms with Crippen LogP contribution in [0.2, 0.25) is 0 Å². The van der Waals surface area contributed by atoms with Gasteiger partial charge < -0.3 is 25.8 Å². The van der Waals surface area contributed by atoms with Crippen LogP contribution < -0.4 is 21.3 Å². The normalized spacial score (nSPS) is 22.7. The lowest BCUT2D eigenvalue weighted by Crippen LogP contribution is -2.56. The average Bonchev–Trinajstić information content (AvgIpc) is 2.79. The van der Waals surface area contributed by atoms with Crippen molar-refractivity contribution in [1.29, 1.82) is 0 Å². The quantitative estimate of drug-likeness (QED) is 0.115. The molecule has 36 heavy (non-hydrogen) atoms. The number of amides is 5. The molecule has 202 valence electrons. The molecule has 0 bridgehead atoms. The summed E-state index contributed by atoms with van der Waals surface area (Å²) in [7, 11) is 3.39. The summed E-state index contributed by atoms with van der Waals surface area (Å²) in [6, 6.07) is -3.41. The number of carbonyl (C=O) groups is 6. The minimum Gasteiger partial charge on any atom is -0.481 e. The van der Waals surface area contributed by atoms with Gasteiger partial charge in [-0.2, -0.15) is 0 Å². The van der Waals surface area contributed by atoms with E-state index in [9.17, 15) is 28.8 Å². The molecule has 5 N–H and O–H groups in total. The Morgan fingerprint density at radius 3 is 2.50 bits per heavy atom. The van der Waals surface area contributed by atoms with Crippen molar-refractivity contribution in [1.82, 2.24) is 21.3 Å². The Balaban J connectivity index is 3.11. The maximum atomic E-state index is 12.6. The zero-order chi connectivity index (χ0) is 27.1. The molecule has 0 aromatic carbocycles. The lowest BCUT2D eigenvalue weighted by atomic mass is 10.0. The largest absolute Gasteiger partial charge is 0.481 e. The number of carbonyl (C=O) groups excluding carboxylic acids is 5. The van der Waals surface area contributed by atoms with E-state index in [4.69, 9.17) is 9.84 Å². The summed E-state index contributed by atoms with van der Waals surface area (Å²) in [5, 5.41) is 18.2. The number of cyclic esters (lactones) is 1. The maximum Gasteiger partial charge on any atom is 0.326 e. The molecule has 0 aliphatic carbocycles. The molecule has 0 radical (unpaired) electrons. The summed E-state index contributed by atoms with van der Waals surface area (Å²) in [6.07, 6.45) is 1.95. The fraction of sp³-hybridized carbons (Fsp3) is 0.636. The highest BCUT2D eigenvalue weighted by Gasteiger charge is 2.29. The van der Waals surface area contributed by atoms with Gasteiger partial charge in [-0.1, -0.05) is 48.4 Å². The van der Waals surface area contributed by atoms with Crippen LogP contribution in [0.3, 0.4) is 0 Å². The van der Waals surface area contributed by atoms with Crippen LogP contribution in [0.15, 0.2) is 12.2 Å². The molecule has 14 heteroatoms. The molecule has 0 saturated carbocycles. The first-order valence-corrected chi connectivity index (χ1v) is 14.0. The number of esters is 1. The number of rotatable bonds is 10. The second kappa shape index (κ2) is 16.8. The van der Waals surface area contributed by atoms with Crippen LogP contribution in [-0.2, 0) is 28.7 Å². The van der Waals surface area contributed by atoms with E-state index in [1.807, 2.05) is 12.2 Å². The first-order valence-electron chi connectivity index (χ1n) is 11.5. The molecule has 1 fully saturated rings. The number of carboxylic acid groups (broad SMARTS) is 1. The third kappa shape index (κ3) is 12.8. The zero-order valence-corrected chi connectivity index (χ0v) is 22.2. The molecule has 1 saturated heterocycles. The molecular formula is C22H34N4O8S2. The van der Waals surface area contributed by atoms with Crippen LogP contribution >= 0.6 is 21.6 Å². The molecule has 5 amide bonds. The fourth-order valence-electron chi connectivity index (χ4n) is 3.02. The van der Waals surface area contributed by atoms with Crippen LogP contribution in [0.25, 0.3) is 0 Å². The highest BCUT2D eigenvalue weighted by atomic mass is 33.1. The highest BCUT2D eigenvalue weighted by Crippen LogP contribution is 2.21. The fourth-order valence-corrected chi connectivity index (χ4v) is 4.68. The van der Waals surface area contributed by atoms with Crippen molar-refractivity contribution < 1.29 is 38.6 Å². The predicted molar refractivity (Wildman–Crippen MR) is 136 cm³/mol. The van der Waals surface area contributed by atoms with E-state index in [1.54, 1.807) is 47.6 Å². The van der Waals surface area contributed by atoms with E-state index in [2.05, 4.69) is 16.0 Å². The number of hydrogen-bond acceptors (Lipinski definition) is 9. The van der Waals surface area contributed by atoms with E-state index in [0.29, 0.717) is 6.42 Å². The van der Waals surface area contributed by atoms with Crippen molar-refractivity contribution in [2.75, 3.05) is 18.1 Å². The molecule has 0 unspecified atom stereocenters. The second-order valence-corrected chi connectivity index (χ2v) is 11.0. The lowest BCUT2D eigenvalue weighted by Gasteiger charge is -2.22. The summed E-state index contributed by atoms with van der Waals surface area (Å²) in [4.78, 5) is 73.5. The van der Waals surface area contributed by atoms with Gasteiger partial charge in [0.25, 0.3) is 5.91 Å². The van der Waals surface area contributed by atoms with Crippen LogP contribution in [-0.4, -0.2) is 77.0 Å². The van der Waals surface area contributed by atoms with Gasteiger partial charge in [0.1, 0.15) is 24.7 Å². The molecule has 12 nitrogen and oxygen atoms in total. The van der Waals surface area contributed by atoms with E-state index < -0.39 is 66.8 Å². The van der Waals surface area contributed by atoms with Gasteiger partial charge in [0, 0.05) is 17.9 Å². The van der Waals surface area contributed by atoms with Gasteiger partial charge in [-0.05, 0) is 24.8 Å². The Morgan fingerprint density at radius 2 is 1.86 bits per heavy atom. The zero-order valence-electron chi connectivity index (χ0n) is 20.5. The Labute approximate surface area is 217 Å². The van der Waals surface area contributed by atoms with Crippen LogP contribution in [0.5, 0.6) is 0 Å². The number of carboxylic acids is 1. The number of allylic oxidation sites excluding steroid dienone is 1. The SMILES string of the molecule is CCSSCC/C=C/[C@@H]1CC(=O)N[C@H](CCC(=O)O)C(=O)NC(=O)N[C@H](C(C)C)C(=O)NCC(=O)O1. The van der Waals surface area contributed by atoms with Gasteiger partial charge in [0.05, 0.1) is 6.42 Å². The number of urea groups is 1. The average molecular weight is 547 g/mol. The van der Waals surface area contributed by atoms with E-state index in [-0.39, 0.29) is 18.8 Å². The minimum absolute atomic E-state index is 0.277. The van der Waals surface area contributed by atoms with Crippen molar-refractivity contribution in [3.8, 4) is 0 Å². The molecule has 1 heterocycles. The lowest BCUT2D eigenvalue weighted by molar-refractivity contribution is -0.148. The Kier molecular flexibility index (Phi) is 14.6. The van der Waals surface area contributed by atoms with Crippen molar-refractivity contribution in [2.24, 2.45) is 5.92 Å². The summed E-state index contributed by atoms with van der Waals surface area (Å²) in [6.45, 7) is 4.88. The van der Waals surface area contributed by atoms with Crippen molar-refractivity contribution >= 4 is 57.3 Å². The van der Waals surface area contributed by atoms with Gasteiger partial charge in [-0.25, -0.2) is 4.79 Å². The molecule has 0 spiro atoms. The van der Waals surface area contributed by atoms with Crippen LogP contribution in [0.1, 0.15) is 46.5 Å². The molecule has 0 aromatic rings. The minimum atomic E-state index is -1.33. The Morgan fingerprint density at radius 1 is 1.14 bits per heavy atom. The summed E-state index contributed by atoms with van der Waals surface area (Å²) in [5.74, 6) is -2.87. The number of nitrogens with one attached hydrogen (secondary N) is 4. The van der Waals surface area contributed by atoms with Crippen LogP contribution in [0.4, 0.5) is 4.79 Å². The van der Waals surface area contributed by atoms with E-state index >= 15 is 0 Å². The maximum absolute atomic E-state index is 12.6. The molecule has 3 atom stereocenters. The second-order valence-electron chi connectivity index (χ2n) is 8.13. The van der Waals surface area contributed by atoms with Gasteiger partial charge in [-0.15, -0.1) is 0 Å². The summed E-state index contributed by atoms with van der Waals surface area (Å²) >= 11 is 0. The van der Waals surface area contributed by atoms with Crippen molar-refractivity contribution in [3.05, 3.63) is 12.2 Å².